The first-order valence-electron chi connectivity index (χ1n) is 5.90. The number of nitro benzene ring substituents is 1. The Balaban J connectivity index is 2.23. The van der Waals surface area contributed by atoms with Crippen molar-refractivity contribution in [2.75, 3.05) is 5.32 Å². The van der Waals surface area contributed by atoms with Crippen LogP contribution in [-0.2, 0) is 0 Å². The highest BCUT2D eigenvalue weighted by Crippen LogP contribution is 2.20. The number of hydrogen-bond acceptors (Lipinski definition) is 6. The molecule has 108 valence electrons. The van der Waals surface area contributed by atoms with Gasteiger partial charge in [-0.05, 0) is 18.6 Å². The average Bonchev–Trinajstić information content (AvgIpc) is 2.86. The fourth-order valence-corrected chi connectivity index (χ4v) is 2.41. The zero-order chi connectivity index (χ0) is 15.6. The van der Waals surface area contributed by atoms with Crippen LogP contribution in [0.1, 0.15) is 33.3 Å². The summed E-state index contributed by atoms with van der Waals surface area (Å²) in [7, 11) is 0. The van der Waals surface area contributed by atoms with Gasteiger partial charge < -0.3 is 0 Å². The first kappa shape index (κ1) is 14.8. The van der Waals surface area contributed by atoms with E-state index < -0.39 is 10.8 Å². The van der Waals surface area contributed by atoms with Crippen molar-refractivity contribution in [1.82, 2.24) is 4.98 Å². The molecule has 2 rings (SSSR count). The van der Waals surface area contributed by atoms with E-state index in [0.29, 0.717) is 5.56 Å². The quantitative estimate of drug-likeness (QED) is 0.531. The summed E-state index contributed by atoms with van der Waals surface area (Å²) in [5.74, 6) is -0.704. The first-order chi connectivity index (χ1) is 9.86. The van der Waals surface area contributed by atoms with Gasteiger partial charge >= 0.3 is 0 Å². The van der Waals surface area contributed by atoms with E-state index in [-0.39, 0.29) is 27.9 Å². The number of nitrogens with zero attached hydrogens (tertiary/aromatic N) is 2. The van der Waals surface area contributed by atoms with Crippen molar-refractivity contribution < 1.29 is 14.5 Å². The molecule has 1 N–H and O–H groups in total. The number of nitrogens with one attached hydrogen (secondary N) is 1. The zero-order valence-electron chi connectivity index (χ0n) is 11.2. The van der Waals surface area contributed by atoms with Crippen molar-refractivity contribution in [2.45, 2.75) is 13.8 Å². The molecule has 0 unspecified atom stereocenters. The Hall–Kier alpha value is -2.61. The molecule has 1 amide bonds. The summed E-state index contributed by atoms with van der Waals surface area (Å²) in [6.07, 6.45) is 0. The number of thiazole rings is 1. The van der Waals surface area contributed by atoms with Gasteiger partial charge in [0.2, 0.25) is 0 Å². The van der Waals surface area contributed by atoms with Crippen molar-refractivity contribution >= 4 is 33.8 Å². The summed E-state index contributed by atoms with van der Waals surface area (Å²) in [6, 6.07) is 4.12. The number of carbonyl (C=O) groups excluding carboxylic acids is 2. The molecule has 0 aliphatic carbocycles. The molecule has 0 saturated carbocycles. The summed E-state index contributed by atoms with van der Waals surface area (Å²) in [4.78, 5) is 37.4. The fourth-order valence-electron chi connectivity index (χ4n) is 1.66. The zero-order valence-corrected chi connectivity index (χ0v) is 12.1. The molecule has 1 aromatic carbocycles. The Kier molecular flexibility index (Phi) is 4.08. The second-order valence-electron chi connectivity index (χ2n) is 4.36. The van der Waals surface area contributed by atoms with Crippen LogP contribution in [0.25, 0.3) is 0 Å². The molecule has 1 heterocycles. The number of ketones is 1. The Labute approximate surface area is 123 Å². The number of nitro groups is 1. The van der Waals surface area contributed by atoms with Gasteiger partial charge in [0, 0.05) is 30.0 Å². The minimum absolute atomic E-state index is 0.149. The molecular formula is C13H11N3O4S. The molecule has 0 bridgehead atoms. The lowest BCUT2D eigenvalue weighted by Crippen LogP contribution is -2.12. The number of hydrogen-bond donors (Lipinski definition) is 1. The Bertz CT molecular complexity index is 739. The van der Waals surface area contributed by atoms with E-state index in [4.69, 9.17) is 0 Å². The summed E-state index contributed by atoms with van der Waals surface area (Å²) >= 11 is 1.12. The lowest BCUT2D eigenvalue weighted by atomic mass is 10.1. The van der Waals surface area contributed by atoms with Crippen LogP contribution in [0.15, 0.2) is 23.6 Å². The molecule has 0 spiro atoms. The Morgan fingerprint density at radius 3 is 2.62 bits per heavy atom. The van der Waals surface area contributed by atoms with Crippen LogP contribution in [0, 0.1) is 17.0 Å². The van der Waals surface area contributed by atoms with E-state index in [0.717, 1.165) is 11.3 Å². The lowest BCUT2D eigenvalue weighted by Gasteiger charge is -2.03. The first-order valence-corrected chi connectivity index (χ1v) is 6.78. The van der Waals surface area contributed by atoms with Crippen LogP contribution in [0.4, 0.5) is 10.8 Å². The van der Waals surface area contributed by atoms with Crippen LogP contribution in [0.5, 0.6) is 0 Å². The maximum Gasteiger partial charge on any atom is 0.270 e. The number of anilines is 1. The summed E-state index contributed by atoms with van der Waals surface area (Å²) < 4.78 is 0. The lowest BCUT2D eigenvalue weighted by molar-refractivity contribution is -0.384. The van der Waals surface area contributed by atoms with Gasteiger partial charge in [0.05, 0.1) is 4.92 Å². The number of Topliss-reactive ketones (excluding diaryl/α,β-unsaturated/α-hetero) is 1. The van der Waals surface area contributed by atoms with Crippen molar-refractivity contribution in [3.05, 3.63) is 50.5 Å². The normalized spacial score (nSPS) is 10.2. The van der Waals surface area contributed by atoms with Gasteiger partial charge in [-0.2, -0.15) is 0 Å². The maximum absolute atomic E-state index is 12.1. The third-order valence-corrected chi connectivity index (χ3v) is 3.38. The van der Waals surface area contributed by atoms with Crippen molar-refractivity contribution in [3.63, 3.8) is 0 Å². The van der Waals surface area contributed by atoms with E-state index >= 15 is 0 Å². The molecule has 0 aliphatic rings. The van der Waals surface area contributed by atoms with Crippen LogP contribution < -0.4 is 5.32 Å². The highest BCUT2D eigenvalue weighted by Gasteiger charge is 2.15. The monoisotopic (exact) mass is 305 g/mol. The number of carbonyl (C=O) groups is 2. The van der Waals surface area contributed by atoms with Gasteiger partial charge in [-0.15, -0.1) is 11.3 Å². The maximum atomic E-state index is 12.1. The topological polar surface area (TPSA) is 102 Å². The van der Waals surface area contributed by atoms with Crippen LogP contribution in [-0.4, -0.2) is 21.6 Å². The summed E-state index contributed by atoms with van der Waals surface area (Å²) in [5.41, 5.74) is 0.897. The highest BCUT2D eigenvalue weighted by atomic mass is 32.1. The van der Waals surface area contributed by atoms with Gasteiger partial charge in [-0.3, -0.25) is 25.0 Å². The van der Waals surface area contributed by atoms with Crippen LogP contribution in [0.2, 0.25) is 0 Å². The van der Waals surface area contributed by atoms with E-state index in [9.17, 15) is 19.7 Å². The molecule has 21 heavy (non-hydrogen) atoms. The summed E-state index contributed by atoms with van der Waals surface area (Å²) in [6.45, 7) is 3.05. The standard InChI is InChI=1S/C13H11N3O4S/c1-7-3-9(5-10(4-7)16(19)20)12(18)15-13-14-11(6-21-13)8(2)17/h3-6H,1-2H3,(H,14,15,18). The summed E-state index contributed by atoms with van der Waals surface area (Å²) in [5, 5.41) is 15.1. The second-order valence-corrected chi connectivity index (χ2v) is 5.22. The van der Waals surface area contributed by atoms with E-state index in [2.05, 4.69) is 10.3 Å². The van der Waals surface area contributed by atoms with E-state index in [1.54, 1.807) is 13.0 Å². The number of rotatable bonds is 4. The third-order valence-electron chi connectivity index (χ3n) is 2.62. The van der Waals surface area contributed by atoms with Crippen LogP contribution in [0.3, 0.4) is 0 Å². The average molecular weight is 305 g/mol. The predicted octanol–water partition coefficient (Wildman–Crippen LogP) is 2.81. The number of aromatic nitrogens is 1. The predicted molar refractivity (Wildman–Crippen MR) is 77.9 cm³/mol. The Morgan fingerprint density at radius 1 is 1.33 bits per heavy atom. The fraction of sp³-hybridized carbons (Fsp3) is 0.154. The molecule has 2 aromatic rings. The van der Waals surface area contributed by atoms with Crippen molar-refractivity contribution in [1.29, 1.82) is 0 Å². The number of aryl methyl sites for hydroxylation is 1. The molecule has 0 saturated heterocycles. The van der Waals surface area contributed by atoms with Gasteiger partial charge in [-0.1, -0.05) is 0 Å². The minimum atomic E-state index is -0.555. The molecule has 1 aromatic heterocycles. The third kappa shape index (κ3) is 3.48. The molecule has 8 heteroatoms. The SMILES string of the molecule is CC(=O)c1csc(NC(=O)c2cc(C)cc([N+](=O)[O-])c2)n1. The van der Waals surface area contributed by atoms with Gasteiger partial charge in [0.1, 0.15) is 5.69 Å². The minimum Gasteiger partial charge on any atom is -0.298 e. The van der Waals surface area contributed by atoms with Crippen molar-refractivity contribution in [3.8, 4) is 0 Å². The number of amides is 1. The molecule has 7 nitrogen and oxygen atoms in total. The molecular weight excluding hydrogens is 294 g/mol. The number of benzene rings is 1. The molecule has 0 radical (unpaired) electrons. The van der Waals surface area contributed by atoms with E-state index in [1.807, 2.05) is 0 Å². The van der Waals surface area contributed by atoms with E-state index in [1.165, 1.54) is 24.4 Å². The van der Waals surface area contributed by atoms with Gasteiger partial charge in [0.15, 0.2) is 10.9 Å². The molecule has 0 fully saturated rings. The molecule has 0 atom stereocenters. The van der Waals surface area contributed by atoms with Gasteiger partial charge in [0.25, 0.3) is 11.6 Å². The highest BCUT2D eigenvalue weighted by molar-refractivity contribution is 7.14. The second kappa shape index (κ2) is 5.80. The smallest absolute Gasteiger partial charge is 0.270 e. The largest absolute Gasteiger partial charge is 0.298 e. The van der Waals surface area contributed by atoms with Crippen molar-refractivity contribution in [2.24, 2.45) is 0 Å². The Morgan fingerprint density at radius 2 is 2.05 bits per heavy atom. The number of non-ortho nitro benzene ring substituents is 1. The van der Waals surface area contributed by atoms with Gasteiger partial charge in [-0.25, -0.2) is 4.98 Å². The molecule has 0 aliphatic heterocycles. The van der Waals surface area contributed by atoms with Crippen LogP contribution >= 0.6 is 11.3 Å².